The quantitative estimate of drug-likeness (QED) is 0.816. The molecule has 1 N–H and O–H groups in total. The van der Waals surface area contributed by atoms with Gasteiger partial charge in [-0.15, -0.1) is 0 Å². The number of carbonyl (C=O) groups is 1. The van der Waals surface area contributed by atoms with Crippen molar-refractivity contribution in [1.29, 1.82) is 0 Å². The molecule has 2 aromatic rings. The summed E-state index contributed by atoms with van der Waals surface area (Å²) < 4.78 is 11.3. The van der Waals surface area contributed by atoms with Crippen LogP contribution in [0.15, 0.2) is 48.5 Å². The van der Waals surface area contributed by atoms with Crippen molar-refractivity contribution in [2.75, 3.05) is 0 Å². The molecule has 0 aliphatic heterocycles. The van der Waals surface area contributed by atoms with Gasteiger partial charge in [0, 0.05) is 6.54 Å². The third kappa shape index (κ3) is 5.46. The molecule has 0 radical (unpaired) electrons. The fourth-order valence-corrected chi connectivity index (χ4v) is 2.30. The maximum absolute atomic E-state index is 12.2. The zero-order chi connectivity index (χ0) is 17.5. The number of halogens is 1. The van der Waals surface area contributed by atoms with Crippen LogP contribution in [-0.2, 0) is 11.3 Å². The van der Waals surface area contributed by atoms with Gasteiger partial charge in [-0.1, -0.05) is 35.9 Å². The molecule has 0 bridgehead atoms. The summed E-state index contributed by atoms with van der Waals surface area (Å²) in [4.78, 5) is 12.2. The Morgan fingerprint density at radius 2 is 1.83 bits per heavy atom. The van der Waals surface area contributed by atoms with Gasteiger partial charge in [-0.05, 0) is 50.6 Å². The van der Waals surface area contributed by atoms with Gasteiger partial charge < -0.3 is 14.8 Å². The van der Waals surface area contributed by atoms with E-state index in [0.717, 1.165) is 11.3 Å². The third-order valence-corrected chi connectivity index (χ3v) is 3.56. The van der Waals surface area contributed by atoms with Gasteiger partial charge in [-0.2, -0.15) is 0 Å². The summed E-state index contributed by atoms with van der Waals surface area (Å²) >= 11 is 6.03. The predicted molar refractivity (Wildman–Crippen MR) is 95.6 cm³/mol. The molecule has 0 saturated heterocycles. The summed E-state index contributed by atoms with van der Waals surface area (Å²) in [5, 5.41) is 3.34. The van der Waals surface area contributed by atoms with Crippen molar-refractivity contribution in [2.24, 2.45) is 0 Å². The monoisotopic (exact) mass is 347 g/mol. The molecule has 1 atom stereocenters. The lowest BCUT2D eigenvalue weighted by Gasteiger charge is -2.16. The second kappa shape index (κ2) is 8.60. The number of hydrogen-bond acceptors (Lipinski definition) is 3. The molecule has 1 amide bonds. The van der Waals surface area contributed by atoms with Gasteiger partial charge >= 0.3 is 0 Å². The largest absolute Gasteiger partial charge is 0.491 e. The first-order valence-electron chi connectivity index (χ1n) is 7.90. The highest BCUT2D eigenvalue weighted by atomic mass is 35.5. The average Bonchev–Trinajstić information content (AvgIpc) is 2.54. The summed E-state index contributed by atoms with van der Waals surface area (Å²) in [5.41, 5.74) is 0.964. The molecule has 0 saturated carbocycles. The van der Waals surface area contributed by atoms with Gasteiger partial charge in [0.25, 0.3) is 5.91 Å². The van der Waals surface area contributed by atoms with Crippen molar-refractivity contribution in [3.05, 3.63) is 59.1 Å². The topological polar surface area (TPSA) is 47.6 Å². The van der Waals surface area contributed by atoms with E-state index in [-0.39, 0.29) is 12.0 Å². The molecule has 0 fully saturated rings. The van der Waals surface area contributed by atoms with Crippen molar-refractivity contribution in [2.45, 2.75) is 39.5 Å². The molecule has 1 unspecified atom stereocenters. The fraction of sp³-hybridized carbons (Fsp3) is 0.316. The number of rotatable bonds is 7. The van der Waals surface area contributed by atoms with Crippen LogP contribution in [-0.4, -0.2) is 18.1 Å². The summed E-state index contributed by atoms with van der Waals surface area (Å²) in [5.74, 6) is 1.08. The lowest BCUT2D eigenvalue weighted by molar-refractivity contribution is -0.127. The number of amides is 1. The van der Waals surface area contributed by atoms with Gasteiger partial charge in [0.1, 0.15) is 11.5 Å². The summed E-state index contributed by atoms with van der Waals surface area (Å²) in [6.45, 7) is 6.05. The van der Waals surface area contributed by atoms with Crippen molar-refractivity contribution < 1.29 is 14.3 Å². The van der Waals surface area contributed by atoms with Crippen LogP contribution < -0.4 is 14.8 Å². The number of nitrogens with one attached hydrogen (secondary N) is 1. The second-order valence-electron chi connectivity index (χ2n) is 5.72. The third-order valence-electron chi connectivity index (χ3n) is 3.25. The molecule has 0 spiro atoms. The van der Waals surface area contributed by atoms with Gasteiger partial charge in [0.05, 0.1) is 11.1 Å². The average molecular weight is 348 g/mol. The van der Waals surface area contributed by atoms with Crippen LogP contribution in [0, 0.1) is 0 Å². The minimum Gasteiger partial charge on any atom is -0.491 e. The number of ether oxygens (including phenoxy) is 2. The second-order valence-corrected chi connectivity index (χ2v) is 6.13. The predicted octanol–water partition coefficient (Wildman–Crippen LogP) is 4.21. The molecule has 0 aliphatic carbocycles. The van der Waals surface area contributed by atoms with Crippen LogP contribution in [0.3, 0.4) is 0 Å². The van der Waals surface area contributed by atoms with Gasteiger partial charge in [0.15, 0.2) is 6.10 Å². The van der Waals surface area contributed by atoms with Crippen LogP contribution in [0.1, 0.15) is 26.3 Å². The van der Waals surface area contributed by atoms with E-state index in [9.17, 15) is 4.79 Å². The summed E-state index contributed by atoms with van der Waals surface area (Å²) in [6.07, 6.45) is -0.529. The van der Waals surface area contributed by atoms with Crippen LogP contribution >= 0.6 is 11.6 Å². The van der Waals surface area contributed by atoms with E-state index in [2.05, 4.69) is 5.32 Å². The molecule has 0 heterocycles. The van der Waals surface area contributed by atoms with Crippen molar-refractivity contribution in [1.82, 2.24) is 5.32 Å². The summed E-state index contributed by atoms with van der Waals surface area (Å²) in [6, 6.07) is 14.7. The van der Waals surface area contributed by atoms with E-state index >= 15 is 0 Å². The zero-order valence-corrected chi connectivity index (χ0v) is 14.8. The Hall–Kier alpha value is -2.20. The highest BCUT2D eigenvalue weighted by Gasteiger charge is 2.15. The Labute approximate surface area is 147 Å². The first-order valence-corrected chi connectivity index (χ1v) is 8.28. The van der Waals surface area contributed by atoms with Crippen LogP contribution in [0.25, 0.3) is 0 Å². The minimum atomic E-state index is -0.639. The molecule has 2 rings (SSSR count). The maximum Gasteiger partial charge on any atom is 0.261 e. The van der Waals surface area contributed by atoms with Gasteiger partial charge in [0.2, 0.25) is 0 Å². The van der Waals surface area contributed by atoms with Crippen LogP contribution in [0.4, 0.5) is 0 Å². The molecular formula is C19H22ClNO3. The SMILES string of the molecule is CC(C)Oc1cccc(CNC(=O)C(C)Oc2ccccc2Cl)c1. The zero-order valence-electron chi connectivity index (χ0n) is 14.1. The molecule has 4 nitrogen and oxygen atoms in total. The van der Waals surface area contributed by atoms with E-state index in [0.29, 0.717) is 17.3 Å². The van der Waals surface area contributed by atoms with E-state index in [1.165, 1.54) is 0 Å². The molecule has 2 aromatic carbocycles. The maximum atomic E-state index is 12.2. The first-order chi connectivity index (χ1) is 11.5. The Kier molecular flexibility index (Phi) is 6.50. The van der Waals surface area contributed by atoms with Crippen molar-refractivity contribution >= 4 is 17.5 Å². The lowest BCUT2D eigenvalue weighted by atomic mass is 10.2. The Bertz CT molecular complexity index is 688. The molecule has 128 valence electrons. The lowest BCUT2D eigenvalue weighted by Crippen LogP contribution is -2.35. The van der Waals surface area contributed by atoms with Crippen LogP contribution in [0.5, 0.6) is 11.5 Å². The first kappa shape index (κ1) is 18.1. The fourth-order valence-electron chi connectivity index (χ4n) is 2.12. The smallest absolute Gasteiger partial charge is 0.261 e. The molecule has 0 aliphatic rings. The van der Waals surface area contributed by atoms with E-state index in [1.807, 2.05) is 50.2 Å². The standard InChI is InChI=1S/C19H22ClNO3/c1-13(2)23-16-8-6-7-15(11-16)12-21-19(22)14(3)24-18-10-5-4-9-17(18)20/h4-11,13-14H,12H2,1-3H3,(H,21,22). The molecular weight excluding hydrogens is 326 g/mol. The van der Waals surface area contributed by atoms with Crippen molar-refractivity contribution in [3.8, 4) is 11.5 Å². The van der Waals surface area contributed by atoms with Gasteiger partial charge in [-0.3, -0.25) is 4.79 Å². The van der Waals surface area contributed by atoms with Gasteiger partial charge in [-0.25, -0.2) is 0 Å². The van der Waals surface area contributed by atoms with E-state index in [4.69, 9.17) is 21.1 Å². The number of benzene rings is 2. The highest BCUT2D eigenvalue weighted by Crippen LogP contribution is 2.24. The molecule has 24 heavy (non-hydrogen) atoms. The normalized spacial score (nSPS) is 11.9. The molecule has 5 heteroatoms. The molecule has 0 aromatic heterocycles. The number of hydrogen-bond donors (Lipinski definition) is 1. The number of carbonyl (C=O) groups excluding carboxylic acids is 1. The van der Waals surface area contributed by atoms with E-state index < -0.39 is 6.10 Å². The number of para-hydroxylation sites is 1. The Morgan fingerprint density at radius 1 is 1.08 bits per heavy atom. The van der Waals surface area contributed by atoms with Crippen molar-refractivity contribution in [3.63, 3.8) is 0 Å². The van der Waals surface area contributed by atoms with Crippen LogP contribution in [0.2, 0.25) is 5.02 Å². The Balaban J connectivity index is 1.89. The summed E-state index contributed by atoms with van der Waals surface area (Å²) in [7, 11) is 0. The minimum absolute atomic E-state index is 0.110. The highest BCUT2D eigenvalue weighted by molar-refractivity contribution is 6.32. The van der Waals surface area contributed by atoms with E-state index in [1.54, 1.807) is 19.1 Å². The Morgan fingerprint density at radius 3 is 2.54 bits per heavy atom.